The second-order valence-corrected chi connectivity index (χ2v) is 11.1. The van der Waals surface area contributed by atoms with Crippen LogP contribution in [0.15, 0.2) is 53.7 Å². The summed E-state index contributed by atoms with van der Waals surface area (Å²) in [6.45, 7) is -0.00900. The van der Waals surface area contributed by atoms with Gasteiger partial charge in [0.1, 0.15) is 6.04 Å². The van der Waals surface area contributed by atoms with Crippen LogP contribution in [-0.2, 0) is 24.4 Å². The van der Waals surface area contributed by atoms with E-state index in [4.69, 9.17) is 0 Å². The zero-order chi connectivity index (χ0) is 28.2. The topological polar surface area (TPSA) is 135 Å². The summed E-state index contributed by atoms with van der Waals surface area (Å²) in [5.74, 6) is -4.14. The second-order valence-electron chi connectivity index (χ2n) is 9.48. The van der Waals surface area contributed by atoms with Crippen molar-refractivity contribution < 1.29 is 40.8 Å². The Morgan fingerprint density at radius 1 is 0.974 bits per heavy atom. The largest absolute Gasteiger partial charge is 0.492 e. The number of carbonyl (C=O) groups excluding carboxylic acids is 3. The lowest BCUT2D eigenvalue weighted by atomic mass is 9.76. The molecule has 1 aromatic carbocycles. The molecular formula is C25H27F3N4O6S. The van der Waals surface area contributed by atoms with E-state index in [2.05, 4.69) is 15.1 Å². The molecule has 2 aromatic rings. The van der Waals surface area contributed by atoms with Crippen molar-refractivity contribution in [3.8, 4) is 0 Å². The molecule has 2 N–H and O–H groups in total. The number of nitrogens with one attached hydrogen (secondary N) is 2. The zero-order valence-corrected chi connectivity index (χ0v) is 21.5. The van der Waals surface area contributed by atoms with Crippen LogP contribution in [0.25, 0.3) is 0 Å². The summed E-state index contributed by atoms with van der Waals surface area (Å²) < 4.78 is 65.2. The molecule has 1 aromatic heterocycles. The summed E-state index contributed by atoms with van der Waals surface area (Å²) in [6.07, 6.45) is 1.10. The average molecular weight is 569 g/mol. The minimum absolute atomic E-state index is 0.00900. The molecule has 210 valence electrons. The van der Waals surface area contributed by atoms with Crippen molar-refractivity contribution in [2.24, 2.45) is 11.8 Å². The van der Waals surface area contributed by atoms with Crippen LogP contribution < -0.4 is 10.0 Å². The number of hydrogen-bond donors (Lipinski definition) is 2. The Balaban J connectivity index is 1.46. The molecule has 10 nitrogen and oxygen atoms in total. The highest BCUT2D eigenvalue weighted by Crippen LogP contribution is 2.40. The maximum absolute atomic E-state index is 13.3. The number of rotatable bonds is 7. The van der Waals surface area contributed by atoms with E-state index in [1.807, 2.05) is 4.72 Å². The van der Waals surface area contributed by atoms with Gasteiger partial charge < -0.3 is 10.2 Å². The number of nitrogens with zero attached hydrogens (tertiary/aromatic N) is 2. The van der Waals surface area contributed by atoms with Crippen molar-refractivity contribution >= 4 is 33.5 Å². The Labute approximate surface area is 222 Å². The molecule has 0 unspecified atom stereocenters. The van der Waals surface area contributed by atoms with Crippen molar-refractivity contribution in [3.63, 3.8) is 0 Å². The highest BCUT2D eigenvalue weighted by molar-refractivity contribution is 7.90. The molecule has 2 heterocycles. The molecule has 4 rings (SSSR count). The van der Waals surface area contributed by atoms with Crippen LogP contribution in [-0.4, -0.2) is 55.0 Å². The van der Waals surface area contributed by atoms with Crippen molar-refractivity contribution in [3.05, 3.63) is 54.2 Å². The lowest BCUT2D eigenvalue weighted by molar-refractivity contribution is -0.241. The van der Waals surface area contributed by atoms with E-state index < -0.39 is 40.0 Å². The van der Waals surface area contributed by atoms with E-state index in [0.717, 1.165) is 37.2 Å². The van der Waals surface area contributed by atoms with Crippen LogP contribution in [0.3, 0.4) is 0 Å². The first kappa shape index (κ1) is 28.5. The molecule has 0 spiro atoms. The van der Waals surface area contributed by atoms with Gasteiger partial charge in [-0.2, -0.15) is 21.6 Å². The van der Waals surface area contributed by atoms with E-state index in [1.54, 1.807) is 0 Å². The predicted octanol–water partition coefficient (Wildman–Crippen LogP) is 3.43. The molecule has 1 saturated carbocycles. The Morgan fingerprint density at radius 2 is 1.67 bits per heavy atom. The van der Waals surface area contributed by atoms with Crippen molar-refractivity contribution in [1.82, 2.24) is 14.8 Å². The maximum Gasteiger partial charge on any atom is 0.492 e. The minimum atomic E-state index is -5.20. The molecular weight excluding hydrogens is 541 g/mol. The van der Waals surface area contributed by atoms with Crippen LogP contribution in [0.4, 0.5) is 18.9 Å². The van der Waals surface area contributed by atoms with Gasteiger partial charge in [-0.25, -0.2) is 14.5 Å². The number of halogens is 3. The van der Waals surface area contributed by atoms with Gasteiger partial charge in [0, 0.05) is 24.0 Å². The van der Waals surface area contributed by atoms with Gasteiger partial charge >= 0.3 is 12.1 Å². The lowest BCUT2D eigenvalue weighted by Crippen LogP contribution is -2.47. The number of alkyl halides is 3. The molecule has 1 aliphatic heterocycles. The van der Waals surface area contributed by atoms with Crippen LogP contribution in [0.5, 0.6) is 0 Å². The quantitative estimate of drug-likeness (QED) is 0.519. The fourth-order valence-electron chi connectivity index (χ4n) is 5.09. The summed E-state index contributed by atoms with van der Waals surface area (Å²) in [6, 6.07) is 8.38. The number of amides is 2. The number of pyridine rings is 1. The number of hydrogen-bond acceptors (Lipinski definition) is 8. The van der Waals surface area contributed by atoms with Crippen LogP contribution >= 0.6 is 0 Å². The molecule has 2 aliphatic rings. The van der Waals surface area contributed by atoms with Gasteiger partial charge in [0.05, 0.1) is 0 Å². The first-order chi connectivity index (χ1) is 18.5. The summed E-state index contributed by atoms with van der Waals surface area (Å²) in [5, 5.41) is 3.10. The fourth-order valence-corrected chi connectivity index (χ4v) is 6.01. The van der Waals surface area contributed by atoms with E-state index in [0.29, 0.717) is 6.42 Å². The Morgan fingerprint density at radius 3 is 2.28 bits per heavy atom. The Kier molecular flexibility index (Phi) is 8.54. The van der Waals surface area contributed by atoms with Crippen molar-refractivity contribution in [2.75, 3.05) is 11.9 Å². The highest BCUT2D eigenvalue weighted by Gasteiger charge is 2.49. The van der Waals surface area contributed by atoms with Gasteiger partial charge in [-0.3, -0.25) is 9.59 Å². The third kappa shape index (κ3) is 6.92. The molecule has 0 bridgehead atoms. The first-order valence-corrected chi connectivity index (χ1v) is 13.9. The second kappa shape index (κ2) is 11.7. The monoisotopic (exact) mass is 568 g/mol. The summed E-state index contributed by atoms with van der Waals surface area (Å²) in [4.78, 5) is 45.6. The van der Waals surface area contributed by atoms with Gasteiger partial charge in [-0.05, 0) is 54.7 Å². The molecule has 0 radical (unpaired) electrons. The lowest BCUT2D eigenvalue weighted by Gasteiger charge is -2.32. The van der Waals surface area contributed by atoms with Gasteiger partial charge in [0.2, 0.25) is 5.91 Å². The standard InChI is InChI=1S/C25H27F3N4O6S/c26-25(27,28)24(35)38-32-15-13-19(16-6-2-1-3-7-16)21(32)23(34)30-18-11-9-17(10-12-18)22(33)31-39(36,37)20-8-4-5-14-29-20/h4-5,8-12,14,16,19,21H,1-3,6-7,13,15H2,(H,30,34)(H,31,33)/t19-,21-/m0/s1. The average Bonchev–Trinajstić information content (AvgIpc) is 3.33. The molecule has 1 saturated heterocycles. The number of carbonyl (C=O) groups is 3. The Hall–Kier alpha value is -3.52. The summed E-state index contributed by atoms with van der Waals surface area (Å²) in [7, 11) is -4.20. The van der Waals surface area contributed by atoms with Gasteiger partial charge in [-0.1, -0.05) is 38.2 Å². The Bertz CT molecular complexity index is 1300. The van der Waals surface area contributed by atoms with E-state index in [-0.39, 0.29) is 34.7 Å². The fraction of sp³-hybridized carbons (Fsp3) is 0.440. The number of anilines is 1. The van der Waals surface area contributed by atoms with Crippen LogP contribution in [0.1, 0.15) is 48.9 Å². The van der Waals surface area contributed by atoms with E-state index >= 15 is 0 Å². The van der Waals surface area contributed by atoms with Crippen molar-refractivity contribution in [2.45, 2.75) is 55.8 Å². The highest BCUT2D eigenvalue weighted by atomic mass is 32.2. The number of aromatic nitrogens is 1. The van der Waals surface area contributed by atoms with E-state index in [9.17, 15) is 36.0 Å². The molecule has 2 fully saturated rings. The molecule has 39 heavy (non-hydrogen) atoms. The third-order valence-corrected chi connectivity index (χ3v) is 8.16. The maximum atomic E-state index is 13.3. The zero-order valence-electron chi connectivity index (χ0n) is 20.7. The normalized spacial score (nSPS) is 20.8. The molecule has 2 amide bonds. The number of hydroxylamine groups is 2. The van der Waals surface area contributed by atoms with Crippen molar-refractivity contribution in [1.29, 1.82) is 0 Å². The molecule has 2 atom stereocenters. The number of benzene rings is 1. The van der Waals surface area contributed by atoms with Crippen LogP contribution in [0, 0.1) is 11.8 Å². The van der Waals surface area contributed by atoms with E-state index in [1.165, 1.54) is 48.7 Å². The van der Waals surface area contributed by atoms with Gasteiger partial charge in [-0.15, -0.1) is 5.06 Å². The minimum Gasteiger partial charge on any atom is -0.360 e. The molecule has 14 heteroatoms. The third-order valence-electron chi connectivity index (χ3n) is 6.91. The van der Waals surface area contributed by atoms with Gasteiger partial charge in [0.25, 0.3) is 15.9 Å². The number of sulfonamides is 1. The summed E-state index contributed by atoms with van der Waals surface area (Å²) in [5.41, 5.74) is 0.203. The van der Waals surface area contributed by atoms with Gasteiger partial charge in [0.15, 0.2) is 5.03 Å². The smallest absolute Gasteiger partial charge is 0.360 e. The SMILES string of the molecule is O=C(NS(=O)(=O)c1ccccn1)c1ccc(NC(=O)[C@@H]2[C@H](C3CCCCC3)CCN2OC(=O)C(F)(F)F)cc1. The summed E-state index contributed by atoms with van der Waals surface area (Å²) >= 11 is 0. The molecule has 1 aliphatic carbocycles. The van der Waals surface area contributed by atoms with Crippen LogP contribution in [0.2, 0.25) is 0 Å². The predicted molar refractivity (Wildman–Crippen MR) is 131 cm³/mol. The first-order valence-electron chi connectivity index (χ1n) is 12.4.